The monoisotopic (exact) mass is 631 g/mol. The zero-order chi connectivity index (χ0) is 33.3. The molecule has 8 rings (SSSR count). The molecule has 1 heterocycles. The molecule has 242 valence electrons. The Morgan fingerprint density at radius 1 is 0.771 bits per heavy atom. The molecule has 4 heteroatoms. The Hall–Kier alpha value is -5.19. The number of amidine groups is 1. The minimum Gasteiger partial charge on any atom is -0.460 e. The second-order valence-electron chi connectivity index (χ2n) is 12.4. The minimum absolute atomic E-state index is 0.556. The van der Waals surface area contributed by atoms with Crippen molar-refractivity contribution in [2.24, 2.45) is 16.5 Å². The van der Waals surface area contributed by atoms with Crippen LogP contribution in [0.2, 0.25) is 0 Å². The van der Waals surface area contributed by atoms with E-state index in [2.05, 4.69) is 121 Å². The number of aliphatic imine (C=N–C) groups is 1. The van der Waals surface area contributed by atoms with Crippen LogP contribution in [0.15, 0.2) is 154 Å². The lowest BCUT2D eigenvalue weighted by atomic mass is 9.89. The molecule has 3 aliphatic rings. The number of nitrogens with zero attached hydrogens (tertiary/aromatic N) is 1. The van der Waals surface area contributed by atoms with Gasteiger partial charge in [-0.3, -0.25) is 4.99 Å². The molecule has 0 amide bonds. The number of furan rings is 1. The van der Waals surface area contributed by atoms with E-state index in [1.807, 2.05) is 18.2 Å². The van der Waals surface area contributed by atoms with E-state index in [4.69, 9.17) is 15.9 Å². The van der Waals surface area contributed by atoms with Crippen LogP contribution in [0.1, 0.15) is 49.0 Å². The van der Waals surface area contributed by atoms with Crippen LogP contribution in [0, 0.1) is 6.92 Å². The number of allylic oxidation sites excluding steroid dienone is 8. The third kappa shape index (κ3) is 7.51. The first-order chi connectivity index (χ1) is 23.6. The van der Waals surface area contributed by atoms with Crippen LogP contribution < -0.4 is 11.5 Å². The van der Waals surface area contributed by atoms with Gasteiger partial charge >= 0.3 is 0 Å². The first kappa shape index (κ1) is 32.7. The molecule has 4 nitrogen and oxygen atoms in total. The SMILES string of the molecule is CN=C(N)C1=CC=C(C2=CC=CCC2)CC1.Cc1ccccc1.NCC1=CCCc2oc3ccc(-c4cccc5ccccc45)cc3c21. The van der Waals surface area contributed by atoms with Crippen molar-refractivity contribution in [3.63, 3.8) is 0 Å². The van der Waals surface area contributed by atoms with Crippen LogP contribution in [0.3, 0.4) is 0 Å². The Kier molecular flexibility index (Phi) is 10.6. The van der Waals surface area contributed by atoms with Crippen LogP contribution in [0.5, 0.6) is 0 Å². The van der Waals surface area contributed by atoms with Crippen LogP contribution in [0.25, 0.3) is 38.4 Å². The molecule has 3 aliphatic carbocycles. The van der Waals surface area contributed by atoms with Gasteiger partial charge in [-0.2, -0.15) is 0 Å². The zero-order valence-electron chi connectivity index (χ0n) is 28.1. The van der Waals surface area contributed by atoms with Crippen molar-refractivity contribution in [2.75, 3.05) is 13.6 Å². The maximum atomic E-state index is 6.10. The average Bonchev–Trinajstić information content (AvgIpc) is 3.54. The Labute approximate surface area is 284 Å². The van der Waals surface area contributed by atoms with Crippen molar-refractivity contribution in [2.45, 2.75) is 45.4 Å². The molecule has 1 aromatic heterocycles. The highest BCUT2D eigenvalue weighted by Crippen LogP contribution is 2.38. The molecule has 0 radical (unpaired) electrons. The number of fused-ring (bicyclic) bond motifs is 4. The molecule has 0 fully saturated rings. The Morgan fingerprint density at radius 2 is 1.56 bits per heavy atom. The molecule has 0 aliphatic heterocycles. The molecule has 0 saturated carbocycles. The summed E-state index contributed by atoms with van der Waals surface area (Å²) in [5.74, 6) is 1.75. The van der Waals surface area contributed by atoms with Gasteiger partial charge in [0.15, 0.2) is 0 Å². The lowest BCUT2D eigenvalue weighted by Crippen LogP contribution is -2.16. The number of nitrogens with two attached hydrogens (primary N) is 2. The summed E-state index contributed by atoms with van der Waals surface area (Å²) in [5, 5.41) is 3.71. The number of aryl methyl sites for hydroxylation is 2. The summed E-state index contributed by atoms with van der Waals surface area (Å²) >= 11 is 0. The number of hydrogen-bond acceptors (Lipinski definition) is 3. The van der Waals surface area contributed by atoms with Crippen LogP contribution in [-0.2, 0) is 6.42 Å². The molecule has 0 saturated heterocycles. The fourth-order valence-corrected chi connectivity index (χ4v) is 6.65. The van der Waals surface area contributed by atoms with E-state index >= 15 is 0 Å². The average molecular weight is 632 g/mol. The van der Waals surface area contributed by atoms with Crippen LogP contribution >= 0.6 is 0 Å². The molecule has 0 bridgehead atoms. The van der Waals surface area contributed by atoms with Gasteiger partial charge in [0, 0.05) is 31.0 Å². The molecule has 5 aromatic rings. The second kappa shape index (κ2) is 15.6. The van der Waals surface area contributed by atoms with Crippen molar-refractivity contribution >= 4 is 33.2 Å². The van der Waals surface area contributed by atoms with E-state index < -0.39 is 0 Å². The third-order valence-corrected chi connectivity index (χ3v) is 9.25. The van der Waals surface area contributed by atoms with Crippen molar-refractivity contribution in [3.05, 3.63) is 161 Å². The van der Waals surface area contributed by atoms with E-state index in [9.17, 15) is 0 Å². The highest BCUT2D eigenvalue weighted by molar-refractivity contribution is 6.01. The lowest BCUT2D eigenvalue weighted by molar-refractivity contribution is 0.545. The van der Waals surface area contributed by atoms with Crippen LogP contribution in [-0.4, -0.2) is 19.4 Å². The van der Waals surface area contributed by atoms with E-state index in [1.165, 1.54) is 67.1 Å². The van der Waals surface area contributed by atoms with Crippen molar-refractivity contribution in [1.82, 2.24) is 0 Å². The van der Waals surface area contributed by atoms with Gasteiger partial charge in [0.05, 0.1) is 0 Å². The van der Waals surface area contributed by atoms with E-state index in [-0.39, 0.29) is 0 Å². The number of benzene rings is 4. The van der Waals surface area contributed by atoms with Gasteiger partial charge in [0.1, 0.15) is 17.2 Å². The van der Waals surface area contributed by atoms with Gasteiger partial charge in [0.25, 0.3) is 0 Å². The van der Waals surface area contributed by atoms with Gasteiger partial charge in [-0.05, 0) is 95.4 Å². The summed E-state index contributed by atoms with van der Waals surface area (Å²) in [6.07, 6.45) is 19.6. The molecular weight excluding hydrogens is 587 g/mol. The summed E-state index contributed by atoms with van der Waals surface area (Å²) in [5.41, 5.74) is 23.0. The molecule has 0 atom stereocenters. The second-order valence-corrected chi connectivity index (χ2v) is 12.4. The summed E-state index contributed by atoms with van der Waals surface area (Å²) in [7, 11) is 1.74. The molecule has 4 aromatic carbocycles. The topological polar surface area (TPSA) is 77.5 Å². The lowest BCUT2D eigenvalue weighted by Gasteiger charge is -2.17. The molecule has 48 heavy (non-hydrogen) atoms. The van der Waals surface area contributed by atoms with E-state index in [1.54, 1.807) is 7.05 Å². The van der Waals surface area contributed by atoms with Gasteiger partial charge in [-0.25, -0.2) is 0 Å². The van der Waals surface area contributed by atoms with E-state index in [0.29, 0.717) is 12.4 Å². The maximum Gasteiger partial charge on any atom is 0.134 e. The molecule has 4 N–H and O–H groups in total. The highest BCUT2D eigenvalue weighted by Gasteiger charge is 2.20. The summed E-state index contributed by atoms with van der Waals surface area (Å²) in [6, 6.07) is 31.8. The predicted octanol–water partition coefficient (Wildman–Crippen LogP) is 10.4. The normalized spacial score (nSPS) is 15.6. The quantitative estimate of drug-likeness (QED) is 0.153. The van der Waals surface area contributed by atoms with Gasteiger partial charge < -0.3 is 15.9 Å². The first-order valence-corrected chi connectivity index (χ1v) is 17.0. The third-order valence-electron chi connectivity index (χ3n) is 9.25. The van der Waals surface area contributed by atoms with Crippen LogP contribution in [0.4, 0.5) is 0 Å². The van der Waals surface area contributed by atoms with Crippen molar-refractivity contribution < 1.29 is 4.42 Å². The standard InChI is InChI=1S/C23H19NO.C14H18N2.C7H8/c24-14-17-7-4-10-22-23(17)20-13-16(11-12-21(20)25-22)19-9-3-6-15-5-1-2-8-18(15)19;1-16-14(15)13-9-7-12(8-10-13)11-5-3-2-4-6-11;1-7-5-3-2-4-6-7/h1-3,5-9,11-13H,4,10,14,24H2;2-3,5,7,9H,4,6,8,10H2,1H3,(H2,15,16);2-6H,1H3. The first-order valence-electron chi connectivity index (χ1n) is 17.0. The summed E-state index contributed by atoms with van der Waals surface area (Å²) in [4.78, 5) is 4.02. The fraction of sp³-hybridized carbons (Fsp3) is 0.205. The van der Waals surface area contributed by atoms with Gasteiger partial charge in [-0.1, -0.05) is 121 Å². The Balaban J connectivity index is 0.000000149. The van der Waals surface area contributed by atoms with Crippen molar-refractivity contribution in [1.29, 1.82) is 0 Å². The van der Waals surface area contributed by atoms with E-state index in [0.717, 1.165) is 43.4 Å². The molecular formula is C44H45N3O. The summed E-state index contributed by atoms with van der Waals surface area (Å²) < 4.78 is 6.10. The van der Waals surface area contributed by atoms with Gasteiger partial charge in [-0.15, -0.1) is 0 Å². The summed E-state index contributed by atoms with van der Waals surface area (Å²) in [6.45, 7) is 2.64. The minimum atomic E-state index is 0.556. The molecule has 0 unspecified atom stereocenters. The highest BCUT2D eigenvalue weighted by atomic mass is 16.3. The molecule has 0 spiro atoms. The smallest absolute Gasteiger partial charge is 0.134 e. The Bertz CT molecular complexity index is 2080. The number of hydrogen-bond donors (Lipinski definition) is 2. The predicted molar refractivity (Wildman–Crippen MR) is 205 cm³/mol. The van der Waals surface area contributed by atoms with Gasteiger partial charge in [0.2, 0.25) is 0 Å². The fourth-order valence-electron chi connectivity index (χ4n) is 6.65. The zero-order valence-corrected chi connectivity index (χ0v) is 28.1. The Morgan fingerprint density at radius 3 is 2.27 bits per heavy atom. The maximum absolute atomic E-state index is 6.10. The van der Waals surface area contributed by atoms with Crippen molar-refractivity contribution in [3.8, 4) is 11.1 Å². The largest absolute Gasteiger partial charge is 0.460 e. The number of rotatable bonds is 4.